The van der Waals surface area contributed by atoms with Crippen LogP contribution in [0, 0.1) is 0 Å². The topological polar surface area (TPSA) is 99.1 Å². The summed E-state index contributed by atoms with van der Waals surface area (Å²) < 4.78 is 17.3. The number of allylic oxidation sites excluding steroid dienone is 10. The third kappa shape index (κ3) is 40.4. The molecule has 0 aromatic heterocycles. The molecule has 0 spiro atoms. The molecule has 0 saturated carbocycles. The number of hydrogen-bond acceptors (Lipinski definition) is 6. The highest BCUT2D eigenvalue weighted by Gasteiger charge is 2.31. The summed E-state index contributed by atoms with van der Waals surface area (Å²) in [5.41, 5.74) is 0. The van der Waals surface area contributed by atoms with E-state index in [0.29, 0.717) is 19.3 Å². The molecule has 8 heteroatoms. The van der Waals surface area contributed by atoms with E-state index in [1.807, 2.05) is 21.1 Å². The molecule has 0 aromatic rings. The van der Waals surface area contributed by atoms with Crippen molar-refractivity contribution in [2.24, 2.45) is 0 Å². The maximum absolute atomic E-state index is 12.8. The molecular weight excluding hydrogens is 751 g/mol. The number of hydrogen-bond donors (Lipinski definition) is 1. The number of esters is 2. The van der Waals surface area contributed by atoms with Gasteiger partial charge in [-0.2, -0.15) is 0 Å². The normalized spacial score (nSPS) is 13.4. The van der Waals surface area contributed by atoms with E-state index in [9.17, 15) is 19.5 Å². The largest absolute Gasteiger partial charge is 0.477 e. The molecule has 0 aliphatic heterocycles. The first-order chi connectivity index (χ1) is 29.1. The molecule has 2 atom stereocenters. The van der Waals surface area contributed by atoms with E-state index in [-0.39, 0.29) is 36.2 Å². The van der Waals surface area contributed by atoms with Gasteiger partial charge < -0.3 is 23.8 Å². The van der Waals surface area contributed by atoms with Gasteiger partial charge in [0.05, 0.1) is 34.4 Å². The second kappa shape index (κ2) is 42.7. The summed E-state index contributed by atoms with van der Waals surface area (Å²) in [5, 5.41) is 9.64. The molecule has 1 N–H and O–H groups in total. The predicted octanol–water partition coefficient (Wildman–Crippen LogP) is 13.8. The standard InChI is InChI=1S/C52H91NO7/c1-6-8-10-12-14-16-18-20-21-22-23-24-25-26-27-28-29-31-33-35-37-39-41-43-51(55)60-48(46-58-45-44-49(52(56)57)53(3,4)5)47-59-50(54)42-40-38-36-34-32-30-19-17-15-13-11-9-7-2/h8,10,14,16,20-21,23-24,26-27,48-49H,6-7,9,11-13,15,17-19,22,25,28-47H2,1-5H3/p+1/b10-8+,16-14+,21-20+,24-23+,27-26+. The Morgan fingerprint density at radius 2 is 0.933 bits per heavy atom. The van der Waals surface area contributed by atoms with Crippen LogP contribution in [0.25, 0.3) is 0 Å². The number of aliphatic carboxylic acids is 1. The Morgan fingerprint density at radius 3 is 1.38 bits per heavy atom. The quantitative estimate of drug-likeness (QED) is 0.0282. The molecule has 2 unspecified atom stereocenters. The van der Waals surface area contributed by atoms with Crippen molar-refractivity contribution in [1.29, 1.82) is 0 Å². The molecule has 0 bridgehead atoms. The van der Waals surface area contributed by atoms with Gasteiger partial charge in [-0.25, -0.2) is 4.79 Å². The third-order valence-electron chi connectivity index (χ3n) is 10.7. The summed E-state index contributed by atoms with van der Waals surface area (Å²) in [7, 11) is 5.53. The van der Waals surface area contributed by atoms with Gasteiger partial charge in [-0.05, 0) is 57.8 Å². The van der Waals surface area contributed by atoms with Crippen molar-refractivity contribution >= 4 is 17.9 Å². The number of carbonyl (C=O) groups is 3. The van der Waals surface area contributed by atoms with Gasteiger partial charge in [0, 0.05) is 19.3 Å². The number of rotatable bonds is 43. The maximum Gasteiger partial charge on any atom is 0.362 e. The van der Waals surface area contributed by atoms with Crippen molar-refractivity contribution in [2.75, 3.05) is 41.0 Å². The lowest BCUT2D eigenvalue weighted by Gasteiger charge is -2.31. The molecule has 0 fully saturated rings. The zero-order chi connectivity index (χ0) is 44.2. The predicted molar refractivity (Wildman–Crippen MR) is 252 cm³/mol. The second-order valence-corrected chi connectivity index (χ2v) is 17.3. The van der Waals surface area contributed by atoms with Gasteiger partial charge in [0.15, 0.2) is 12.1 Å². The molecule has 0 aliphatic rings. The Kier molecular flexibility index (Phi) is 40.6. The van der Waals surface area contributed by atoms with Gasteiger partial charge >= 0.3 is 17.9 Å². The van der Waals surface area contributed by atoms with Gasteiger partial charge in [-0.15, -0.1) is 0 Å². The van der Waals surface area contributed by atoms with Crippen LogP contribution < -0.4 is 0 Å². The molecule has 8 nitrogen and oxygen atoms in total. The SMILES string of the molecule is CC/C=C/C/C=C/C/C=C/C/C=C/C/C=C/CCCCCCCCCC(=O)OC(COCCC(C(=O)O)[N+](C)(C)C)COC(=O)CCCCCCCCCCCCCCC. The summed E-state index contributed by atoms with van der Waals surface area (Å²) in [4.78, 5) is 37.1. The van der Waals surface area contributed by atoms with Crippen molar-refractivity contribution in [2.45, 2.75) is 212 Å². The molecule has 60 heavy (non-hydrogen) atoms. The zero-order valence-corrected chi connectivity index (χ0v) is 39.4. The first-order valence-corrected chi connectivity index (χ1v) is 24.3. The average molecular weight is 843 g/mol. The Bertz CT molecular complexity index is 1170. The molecule has 0 saturated heterocycles. The molecule has 0 radical (unpaired) electrons. The molecule has 346 valence electrons. The first-order valence-electron chi connectivity index (χ1n) is 24.3. The van der Waals surface area contributed by atoms with Crippen LogP contribution in [0.4, 0.5) is 0 Å². The summed E-state index contributed by atoms with van der Waals surface area (Å²) >= 11 is 0. The zero-order valence-electron chi connectivity index (χ0n) is 39.4. The van der Waals surface area contributed by atoms with E-state index in [1.54, 1.807) is 0 Å². The van der Waals surface area contributed by atoms with Crippen molar-refractivity contribution in [3.8, 4) is 0 Å². The molecule has 0 aromatic carbocycles. The van der Waals surface area contributed by atoms with Crippen molar-refractivity contribution in [3.63, 3.8) is 0 Å². The summed E-state index contributed by atoms with van der Waals surface area (Å²) in [6.07, 6.45) is 52.6. The van der Waals surface area contributed by atoms with E-state index in [1.165, 1.54) is 83.5 Å². The van der Waals surface area contributed by atoms with E-state index in [0.717, 1.165) is 83.5 Å². The monoisotopic (exact) mass is 843 g/mol. The van der Waals surface area contributed by atoms with Crippen molar-refractivity contribution in [1.82, 2.24) is 0 Å². The number of ether oxygens (including phenoxy) is 3. The lowest BCUT2D eigenvalue weighted by atomic mass is 10.0. The number of quaternary nitrogens is 1. The minimum atomic E-state index is -0.877. The fourth-order valence-electron chi connectivity index (χ4n) is 6.94. The maximum atomic E-state index is 12.8. The van der Waals surface area contributed by atoms with Gasteiger partial charge in [-0.1, -0.05) is 184 Å². The average Bonchev–Trinajstić information content (AvgIpc) is 3.21. The van der Waals surface area contributed by atoms with Crippen molar-refractivity contribution < 1.29 is 38.2 Å². The van der Waals surface area contributed by atoms with E-state index in [4.69, 9.17) is 14.2 Å². The third-order valence-corrected chi connectivity index (χ3v) is 10.7. The lowest BCUT2D eigenvalue weighted by Crippen LogP contribution is -2.50. The number of likely N-dealkylation sites (N-methyl/N-ethyl adjacent to an activating group) is 1. The first kappa shape index (κ1) is 57.0. The molecule has 0 aliphatic carbocycles. The summed E-state index contributed by atoms with van der Waals surface area (Å²) in [6.45, 7) is 4.62. The van der Waals surface area contributed by atoms with Gasteiger partial charge in [0.25, 0.3) is 0 Å². The minimum absolute atomic E-state index is 0.0552. The van der Waals surface area contributed by atoms with E-state index < -0.39 is 18.1 Å². The van der Waals surface area contributed by atoms with Gasteiger partial charge in [0.2, 0.25) is 0 Å². The van der Waals surface area contributed by atoms with Crippen LogP contribution in [0.15, 0.2) is 60.8 Å². The van der Waals surface area contributed by atoms with Gasteiger partial charge in [-0.3, -0.25) is 9.59 Å². The van der Waals surface area contributed by atoms with Crippen LogP contribution >= 0.6 is 0 Å². The number of carboxylic acids is 1. The van der Waals surface area contributed by atoms with E-state index in [2.05, 4.69) is 74.6 Å². The highest BCUT2D eigenvalue weighted by atomic mass is 16.6. The Balaban J connectivity index is 4.28. The highest BCUT2D eigenvalue weighted by Crippen LogP contribution is 2.15. The second-order valence-electron chi connectivity index (χ2n) is 17.3. The fraction of sp³-hybridized carbons (Fsp3) is 0.750. The Hall–Kier alpha value is -2.97. The summed E-state index contributed by atoms with van der Waals surface area (Å²) in [5.74, 6) is -1.48. The number of carboxylic acid groups (broad SMARTS) is 1. The van der Waals surface area contributed by atoms with Crippen molar-refractivity contribution in [3.05, 3.63) is 60.8 Å². The number of unbranched alkanes of at least 4 members (excludes halogenated alkanes) is 19. The van der Waals surface area contributed by atoms with Crippen LogP contribution in [0.1, 0.15) is 200 Å². The smallest absolute Gasteiger partial charge is 0.362 e. The molecule has 0 rings (SSSR count). The van der Waals surface area contributed by atoms with E-state index >= 15 is 0 Å². The highest BCUT2D eigenvalue weighted by molar-refractivity contribution is 5.72. The van der Waals surface area contributed by atoms with Crippen LogP contribution in [0.2, 0.25) is 0 Å². The molecule has 0 heterocycles. The van der Waals surface area contributed by atoms with Crippen LogP contribution in [0.5, 0.6) is 0 Å². The fourth-order valence-corrected chi connectivity index (χ4v) is 6.94. The number of carbonyl (C=O) groups excluding carboxylic acids is 2. The lowest BCUT2D eigenvalue weighted by molar-refractivity contribution is -0.887. The number of nitrogens with zero attached hydrogens (tertiary/aromatic N) is 1. The summed E-state index contributed by atoms with van der Waals surface area (Å²) in [6, 6.07) is -0.618. The van der Waals surface area contributed by atoms with Crippen LogP contribution in [-0.2, 0) is 28.6 Å². The molecule has 0 amide bonds. The molecular formula is C52H92NO7+. The Morgan fingerprint density at radius 1 is 0.517 bits per heavy atom. The van der Waals surface area contributed by atoms with Gasteiger partial charge in [0.1, 0.15) is 6.61 Å². The Labute approximate surface area is 368 Å². The minimum Gasteiger partial charge on any atom is -0.477 e. The van der Waals surface area contributed by atoms with Crippen LogP contribution in [0.3, 0.4) is 0 Å². The van der Waals surface area contributed by atoms with Crippen LogP contribution in [-0.4, -0.2) is 80.6 Å².